The zero-order chi connectivity index (χ0) is 9.89. The van der Waals surface area contributed by atoms with Crippen molar-refractivity contribution in [1.29, 1.82) is 0 Å². The van der Waals surface area contributed by atoms with E-state index < -0.39 is 29.1 Å². The van der Waals surface area contributed by atoms with Crippen LogP contribution in [0.1, 0.15) is 6.92 Å². The molecular formula is C6H11NO4S. The highest BCUT2D eigenvalue weighted by Crippen LogP contribution is 2.13. The van der Waals surface area contributed by atoms with E-state index in [4.69, 9.17) is 15.9 Å². The topological polar surface area (TPSA) is 101 Å². The Balaban J connectivity index is 4.28. The Morgan fingerprint density at radius 1 is 1.33 bits per heavy atom. The van der Waals surface area contributed by atoms with Gasteiger partial charge in [-0.05, 0) is 0 Å². The number of thiol groups is 1. The molecule has 0 saturated carbocycles. The van der Waals surface area contributed by atoms with Crippen molar-refractivity contribution >= 4 is 24.6 Å². The van der Waals surface area contributed by atoms with Gasteiger partial charge in [-0.2, -0.15) is 12.6 Å². The molecule has 0 amide bonds. The van der Waals surface area contributed by atoms with Gasteiger partial charge in [0, 0.05) is 5.25 Å². The summed E-state index contributed by atoms with van der Waals surface area (Å²) >= 11 is 3.81. The molecule has 0 radical (unpaired) electrons. The van der Waals surface area contributed by atoms with Crippen LogP contribution in [0.25, 0.3) is 0 Å². The molecule has 0 spiro atoms. The molecule has 0 aliphatic carbocycles. The van der Waals surface area contributed by atoms with E-state index in [0.29, 0.717) is 0 Å². The van der Waals surface area contributed by atoms with Gasteiger partial charge in [0.25, 0.3) is 0 Å². The molecule has 0 fully saturated rings. The minimum Gasteiger partial charge on any atom is -0.481 e. The van der Waals surface area contributed by atoms with E-state index in [-0.39, 0.29) is 0 Å². The van der Waals surface area contributed by atoms with Gasteiger partial charge in [0.1, 0.15) is 6.04 Å². The molecule has 0 aromatic rings. The van der Waals surface area contributed by atoms with Gasteiger partial charge in [-0.1, -0.05) is 6.92 Å². The monoisotopic (exact) mass is 193 g/mol. The molecule has 0 aromatic carbocycles. The number of hydrogen-bond acceptors (Lipinski definition) is 4. The van der Waals surface area contributed by atoms with E-state index in [1.54, 1.807) is 0 Å². The van der Waals surface area contributed by atoms with Crippen LogP contribution in [0.2, 0.25) is 0 Å². The smallest absolute Gasteiger partial charge is 0.321 e. The van der Waals surface area contributed by atoms with Crippen LogP contribution < -0.4 is 5.73 Å². The van der Waals surface area contributed by atoms with Crippen molar-refractivity contribution in [2.45, 2.75) is 18.2 Å². The second-order valence-electron chi connectivity index (χ2n) is 2.48. The zero-order valence-corrected chi connectivity index (χ0v) is 7.36. The third-order valence-electron chi connectivity index (χ3n) is 1.55. The maximum Gasteiger partial charge on any atom is 0.321 e. The fraction of sp³-hybridized carbons (Fsp3) is 0.667. The number of carbonyl (C=O) groups is 2. The van der Waals surface area contributed by atoms with Crippen molar-refractivity contribution in [3.05, 3.63) is 0 Å². The van der Waals surface area contributed by atoms with Crippen molar-refractivity contribution in [2.24, 2.45) is 11.7 Å². The second-order valence-corrected chi connectivity index (χ2v) is 3.08. The number of carboxylic acids is 2. The lowest BCUT2D eigenvalue weighted by Gasteiger charge is -2.18. The first-order chi connectivity index (χ1) is 5.37. The zero-order valence-electron chi connectivity index (χ0n) is 6.47. The van der Waals surface area contributed by atoms with Gasteiger partial charge in [0.2, 0.25) is 0 Å². The molecule has 3 atom stereocenters. The average Bonchev–Trinajstić information content (AvgIpc) is 2.00. The molecule has 4 N–H and O–H groups in total. The maximum absolute atomic E-state index is 10.4. The minimum absolute atomic E-state index is 0.875. The van der Waals surface area contributed by atoms with Gasteiger partial charge in [-0.3, -0.25) is 9.59 Å². The van der Waals surface area contributed by atoms with Crippen molar-refractivity contribution in [2.75, 3.05) is 0 Å². The summed E-state index contributed by atoms with van der Waals surface area (Å²) in [6.07, 6.45) is 0. The van der Waals surface area contributed by atoms with Crippen molar-refractivity contribution in [1.82, 2.24) is 0 Å². The quantitative estimate of drug-likeness (QED) is 0.447. The molecule has 0 heterocycles. The Labute approximate surface area is 75.0 Å². The second kappa shape index (κ2) is 4.32. The summed E-state index contributed by atoms with van der Waals surface area (Å²) in [4.78, 5) is 20.7. The molecule has 12 heavy (non-hydrogen) atoms. The standard InChI is InChI=1S/C6H11NO4S/c1-2(5(8)9)4(12)3(7)6(10)11/h2-4,12H,7H2,1H3,(H,8,9)(H,10,11)/t2?,3-,4?/m0/s1. The lowest BCUT2D eigenvalue weighted by atomic mass is 10.0. The van der Waals surface area contributed by atoms with E-state index in [2.05, 4.69) is 12.6 Å². The summed E-state index contributed by atoms with van der Waals surface area (Å²) in [5.74, 6) is -3.23. The first-order valence-electron chi connectivity index (χ1n) is 3.27. The van der Waals surface area contributed by atoms with Gasteiger partial charge >= 0.3 is 11.9 Å². The molecular weight excluding hydrogens is 182 g/mol. The lowest BCUT2D eigenvalue weighted by Crippen LogP contribution is -2.44. The summed E-state index contributed by atoms with van der Waals surface area (Å²) in [6, 6.07) is -1.25. The van der Waals surface area contributed by atoms with E-state index in [1.807, 2.05) is 0 Å². The van der Waals surface area contributed by atoms with Crippen LogP contribution in [0.5, 0.6) is 0 Å². The van der Waals surface area contributed by atoms with Gasteiger partial charge in [-0.15, -0.1) is 0 Å². The molecule has 0 aliphatic heterocycles. The summed E-state index contributed by atoms with van der Waals surface area (Å²) in [5, 5.41) is 16.0. The number of hydrogen-bond donors (Lipinski definition) is 4. The number of aliphatic carboxylic acids is 2. The molecule has 70 valence electrons. The van der Waals surface area contributed by atoms with Crippen molar-refractivity contribution in [3.63, 3.8) is 0 Å². The fourth-order valence-electron chi connectivity index (χ4n) is 0.603. The van der Waals surface area contributed by atoms with Crippen molar-refractivity contribution in [3.8, 4) is 0 Å². The molecule has 0 aromatic heterocycles. The van der Waals surface area contributed by atoms with Gasteiger partial charge in [-0.25, -0.2) is 0 Å². The van der Waals surface area contributed by atoms with Crippen LogP contribution in [0.15, 0.2) is 0 Å². The summed E-state index contributed by atoms with van der Waals surface area (Å²) < 4.78 is 0. The molecule has 6 heteroatoms. The highest BCUT2D eigenvalue weighted by molar-refractivity contribution is 7.81. The van der Waals surface area contributed by atoms with Crippen LogP contribution in [0, 0.1) is 5.92 Å². The highest BCUT2D eigenvalue weighted by Gasteiger charge is 2.29. The Morgan fingerprint density at radius 3 is 2.00 bits per heavy atom. The largest absolute Gasteiger partial charge is 0.481 e. The Hall–Kier alpha value is -0.750. The molecule has 0 aliphatic rings. The van der Waals surface area contributed by atoms with Gasteiger partial charge in [0.05, 0.1) is 5.92 Å². The Morgan fingerprint density at radius 2 is 1.75 bits per heavy atom. The Kier molecular flexibility index (Phi) is 4.05. The normalized spacial score (nSPS) is 17.9. The van der Waals surface area contributed by atoms with Gasteiger partial charge in [0.15, 0.2) is 0 Å². The first kappa shape index (κ1) is 11.2. The molecule has 0 bridgehead atoms. The predicted molar refractivity (Wildman–Crippen MR) is 45.2 cm³/mol. The van der Waals surface area contributed by atoms with E-state index in [9.17, 15) is 9.59 Å². The minimum atomic E-state index is -1.25. The van der Waals surface area contributed by atoms with Gasteiger partial charge < -0.3 is 15.9 Å². The molecule has 0 rings (SSSR count). The lowest BCUT2D eigenvalue weighted by molar-refractivity contribution is -0.142. The maximum atomic E-state index is 10.4. The molecule has 5 nitrogen and oxygen atoms in total. The fourth-order valence-corrected chi connectivity index (χ4v) is 0.858. The third-order valence-corrected chi connectivity index (χ3v) is 2.32. The number of carboxylic acid groups (broad SMARTS) is 2. The first-order valence-corrected chi connectivity index (χ1v) is 3.78. The van der Waals surface area contributed by atoms with E-state index in [0.717, 1.165) is 0 Å². The van der Waals surface area contributed by atoms with Crippen LogP contribution in [-0.2, 0) is 9.59 Å². The highest BCUT2D eigenvalue weighted by atomic mass is 32.1. The van der Waals surface area contributed by atoms with Crippen LogP contribution in [-0.4, -0.2) is 33.4 Å². The Bertz CT molecular complexity index is 176. The SMILES string of the molecule is CC(C(=O)O)C(S)[C@H](N)C(=O)O. The molecule has 0 saturated heterocycles. The molecule has 2 unspecified atom stereocenters. The summed E-state index contributed by atoms with van der Waals surface area (Å²) in [5.41, 5.74) is 5.16. The van der Waals surface area contributed by atoms with E-state index in [1.165, 1.54) is 6.92 Å². The third kappa shape index (κ3) is 2.71. The van der Waals surface area contributed by atoms with Crippen LogP contribution >= 0.6 is 12.6 Å². The van der Waals surface area contributed by atoms with Crippen LogP contribution in [0.4, 0.5) is 0 Å². The van der Waals surface area contributed by atoms with E-state index >= 15 is 0 Å². The average molecular weight is 193 g/mol. The predicted octanol–water partition coefficient (Wildman–Crippen LogP) is -0.583. The number of rotatable bonds is 4. The van der Waals surface area contributed by atoms with Crippen molar-refractivity contribution < 1.29 is 19.8 Å². The number of nitrogens with two attached hydrogens (primary N) is 1. The summed E-state index contributed by atoms with van der Waals surface area (Å²) in [6.45, 7) is 1.36. The summed E-state index contributed by atoms with van der Waals surface area (Å²) in [7, 11) is 0. The van der Waals surface area contributed by atoms with Crippen LogP contribution in [0.3, 0.4) is 0 Å².